The smallest absolute Gasteiger partial charge is 0.184 e. The van der Waals surface area contributed by atoms with Crippen LogP contribution in [-0.4, -0.2) is 27.3 Å². The number of hydrogen-bond donors (Lipinski definition) is 1. The van der Waals surface area contributed by atoms with Gasteiger partial charge < -0.3 is 5.73 Å². The molecule has 0 saturated carbocycles. The standard InChI is InChI=1S/C10H14N4O/c1-2-3-4-5-10(15)9-8-14(7-6-11)13-12-9/h1,8H,3-7,11H2. The van der Waals surface area contributed by atoms with E-state index in [1.165, 1.54) is 0 Å². The highest BCUT2D eigenvalue weighted by atomic mass is 16.1. The average molecular weight is 206 g/mol. The van der Waals surface area contributed by atoms with Gasteiger partial charge in [0.2, 0.25) is 0 Å². The molecule has 2 N–H and O–H groups in total. The predicted molar refractivity (Wildman–Crippen MR) is 56.1 cm³/mol. The van der Waals surface area contributed by atoms with Crippen LogP contribution in [0, 0.1) is 12.3 Å². The normalized spacial score (nSPS) is 9.87. The maximum absolute atomic E-state index is 11.5. The van der Waals surface area contributed by atoms with Crippen molar-refractivity contribution in [3.05, 3.63) is 11.9 Å². The van der Waals surface area contributed by atoms with Gasteiger partial charge in [-0.3, -0.25) is 9.48 Å². The van der Waals surface area contributed by atoms with Crippen LogP contribution in [0.1, 0.15) is 29.8 Å². The van der Waals surface area contributed by atoms with E-state index in [1.807, 2.05) is 0 Å². The molecule has 0 amide bonds. The second-order valence-corrected chi connectivity index (χ2v) is 3.14. The van der Waals surface area contributed by atoms with E-state index in [2.05, 4.69) is 16.2 Å². The van der Waals surface area contributed by atoms with E-state index in [9.17, 15) is 4.79 Å². The van der Waals surface area contributed by atoms with Crippen LogP contribution < -0.4 is 5.73 Å². The number of terminal acetylenes is 1. The first kappa shape index (κ1) is 11.4. The lowest BCUT2D eigenvalue weighted by Gasteiger charge is -1.94. The second kappa shape index (κ2) is 5.94. The number of ketones is 1. The number of aromatic nitrogens is 3. The molecule has 0 aliphatic carbocycles. The molecule has 5 nitrogen and oxygen atoms in total. The van der Waals surface area contributed by atoms with Crippen LogP contribution in [-0.2, 0) is 6.54 Å². The van der Waals surface area contributed by atoms with E-state index < -0.39 is 0 Å². The molecule has 1 aromatic rings. The molecule has 0 atom stereocenters. The molecule has 0 aliphatic rings. The monoisotopic (exact) mass is 206 g/mol. The fraction of sp³-hybridized carbons (Fsp3) is 0.500. The molecule has 80 valence electrons. The van der Waals surface area contributed by atoms with Gasteiger partial charge in [0.1, 0.15) is 5.69 Å². The minimum atomic E-state index is -0.0199. The Morgan fingerprint density at radius 1 is 1.67 bits per heavy atom. The molecule has 1 heterocycles. The van der Waals surface area contributed by atoms with Gasteiger partial charge in [-0.25, -0.2) is 0 Å². The van der Waals surface area contributed by atoms with Crippen molar-refractivity contribution in [2.24, 2.45) is 5.73 Å². The van der Waals surface area contributed by atoms with Gasteiger partial charge in [-0.15, -0.1) is 17.4 Å². The van der Waals surface area contributed by atoms with Crippen LogP contribution in [0.5, 0.6) is 0 Å². The summed E-state index contributed by atoms with van der Waals surface area (Å²) in [6.45, 7) is 1.05. The summed E-state index contributed by atoms with van der Waals surface area (Å²) in [6.07, 6.45) is 8.44. The Bertz CT molecular complexity index is 364. The third-order valence-electron chi connectivity index (χ3n) is 1.91. The molecular formula is C10H14N4O. The number of rotatable bonds is 6. The van der Waals surface area contributed by atoms with Gasteiger partial charge in [0.25, 0.3) is 0 Å². The summed E-state index contributed by atoms with van der Waals surface area (Å²) in [7, 11) is 0. The number of unbranched alkanes of at least 4 members (excludes halogenated alkanes) is 1. The highest BCUT2D eigenvalue weighted by molar-refractivity contribution is 5.93. The summed E-state index contributed by atoms with van der Waals surface area (Å²) in [4.78, 5) is 11.5. The van der Waals surface area contributed by atoms with Crippen molar-refractivity contribution in [3.8, 4) is 12.3 Å². The summed E-state index contributed by atoms with van der Waals surface area (Å²) >= 11 is 0. The highest BCUT2D eigenvalue weighted by Gasteiger charge is 2.09. The third kappa shape index (κ3) is 3.52. The maximum atomic E-state index is 11.5. The largest absolute Gasteiger partial charge is 0.329 e. The molecule has 0 radical (unpaired) electrons. The Labute approximate surface area is 88.6 Å². The lowest BCUT2D eigenvalue weighted by Crippen LogP contribution is -2.10. The predicted octanol–water partition coefficient (Wildman–Crippen LogP) is 0.223. The summed E-state index contributed by atoms with van der Waals surface area (Å²) in [6, 6.07) is 0. The zero-order valence-corrected chi connectivity index (χ0v) is 8.52. The van der Waals surface area contributed by atoms with Gasteiger partial charge in [-0.05, 0) is 6.42 Å². The van der Waals surface area contributed by atoms with Crippen LogP contribution in [0.4, 0.5) is 0 Å². The molecule has 1 aromatic heterocycles. The lowest BCUT2D eigenvalue weighted by molar-refractivity contribution is 0.0975. The quantitative estimate of drug-likeness (QED) is 0.410. The van der Waals surface area contributed by atoms with Crippen LogP contribution in [0.15, 0.2) is 6.20 Å². The molecule has 1 rings (SSSR count). The number of nitrogens with two attached hydrogens (primary N) is 1. The van der Waals surface area contributed by atoms with E-state index >= 15 is 0 Å². The molecular weight excluding hydrogens is 192 g/mol. The first-order chi connectivity index (χ1) is 7.27. The van der Waals surface area contributed by atoms with Gasteiger partial charge >= 0.3 is 0 Å². The van der Waals surface area contributed by atoms with Crippen LogP contribution in [0.25, 0.3) is 0 Å². The maximum Gasteiger partial charge on any atom is 0.184 e. The van der Waals surface area contributed by atoms with Gasteiger partial charge in [0, 0.05) is 19.4 Å². The van der Waals surface area contributed by atoms with Crippen molar-refractivity contribution in [3.63, 3.8) is 0 Å². The van der Waals surface area contributed by atoms with Crippen molar-refractivity contribution >= 4 is 5.78 Å². The first-order valence-corrected chi connectivity index (χ1v) is 4.84. The molecule has 0 fully saturated rings. The molecule has 0 bridgehead atoms. The lowest BCUT2D eigenvalue weighted by atomic mass is 10.1. The van der Waals surface area contributed by atoms with Gasteiger partial charge in [-0.1, -0.05) is 5.21 Å². The van der Waals surface area contributed by atoms with E-state index in [0.29, 0.717) is 38.0 Å². The summed E-state index contributed by atoms with van der Waals surface area (Å²) < 4.78 is 1.56. The summed E-state index contributed by atoms with van der Waals surface area (Å²) in [5, 5.41) is 7.55. The van der Waals surface area contributed by atoms with Gasteiger partial charge in [0.15, 0.2) is 5.78 Å². The third-order valence-corrected chi connectivity index (χ3v) is 1.91. The Kier molecular flexibility index (Phi) is 4.51. The van der Waals surface area contributed by atoms with Crippen molar-refractivity contribution < 1.29 is 4.79 Å². The van der Waals surface area contributed by atoms with Crippen molar-refractivity contribution in [1.29, 1.82) is 0 Å². The Balaban J connectivity index is 2.47. The van der Waals surface area contributed by atoms with Crippen LogP contribution in [0.3, 0.4) is 0 Å². The molecule has 15 heavy (non-hydrogen) atoms. The average Bonchev–Trinajstić information content (AvgIpc) is 2.67. The van der Waals surface area contributed by atoms with Crippen molar-refractivity contribution in [1.82, 2.24) is 15.0 Å². The molecule has 0 spiro atoms. The fourth-order valence-electron chi connectivity index (χ4n) is 1.15. The van der Waals surface area contributed by atoms with Crippen molar-refractivity contribution in [2.45, 2.75) is 25.8 Å². The van der Waals surface area contributed by atoms with E-state index in [4.69, 9.17) is 12.2 Å². The number of nitrogens with zero attached hydrogens (tertiary/aromatic N) is 3. The zero-order valence-electron chi connectivity index (χ0n) is 8.52. The molecule has 0 saturated heterocycles. The molecule has 0 aromatic carbocycles. The highest BCUT2D eigenvalue weighted by Crippen LogP contribution is 2.03. The SMILES string of the molecule is C#CCCCC(=O)c1cn(CCN)nn1. The van der Waals surface area contributed by atoms with Gasteiger partial charge in [0.05, 0.1) is 12.7 Å². The van der Waals surface area contributed by atoms with Crippen molar-refractivity contribution in [2.75, 3.05) is 6.54 Å². The van der Waals surface area contributed by atoms with E-state index in [0.717, 1.165) is 0 Å². The number of hydrogen-bond acceptors (Lipinski definition) is 4. The van der Waals surface area contributed by atoms with E-state index in [-0.39, 0.29) is 5.78 Å². The van der Waals surface area contributed by atoms with Crippen LogP contribution >= 0.6 is 0 Å². The molecule has 0 unspecified atom stereocenters. The van der Waals surface area contributed by atoms with Gasteiger partial charge in [-0.2, -0.15) is 0 Å². The molecule has 0 aliphatic heterocycles. The second-order valence-electron chi connectivity index (χ2n) is 3.14. The summed E-state index contributed by atoms with van der Waals surface area (Å²) in [5.74, 6) is 2.47. The molecule has 5 heteroatoms. The summed E-state index contributed by atoms with van der Waals surface area (Å²) in [5.41, 5.74) is 5.74. The Morgan fingerprint density at radius 2 is 2.47 bits per heavy atom. The first-order valence-electron chi connectivity index (χ1n) is 4.84. The minimum Gasteiger partial charge on any atom is -0.329 e. The minimum absolute atomic E-state index is 0.0199. The number of Topliss-reactive ketones (excluding diaryl/α,β-unsaturated/α-hetero) is 1. The number of carbonyl (C=O) groups is 1. The Morgan fingerprint density at radius 3 is 3.13 bits per heavy atom. The van der Waals surface area contributed by atoms with Crippen LogP contribution in [0.2, 0.25) is 0 Å². The fourth-order valence-corrected chi connectivity index (χ4v) is 1.15. The Hall–Kier alpha value is -1.67. The topological polar surface area (TPSA) is 73.8 Å². The van der Waals surface area contributed by atoms with E-state index in [1.54, 1.807) is 10.9 Å². The zero-order chi connectivity index (χ0) is 11.1. The number of carbonyl (C=O) groups excluding carboxylic acids is 1.